The number of carbonyl (C=O) groups is 3. The molecule has 4 saturated heterocycles. The van der Waals surface area contributed by atoms with Crippen LogP contribution in [0.15, 0.2) is 99.0 Å². The van der Waals surface area contributed by atoms with Crippen molar-refractivity contribution in [3.63, 3.8) is 0 Å². The summed E-state index contributed by atoms with van der Waals surface area (Å²) in [5.41, 5.74) is 7.68. The Balaban J connectivity index is 0.000000223. The van der Waals surface area contributed by atoms with Gasteiger partial charge in [-0.2, -0.15) is 10.2 Å². The van der Waals surface area contributed by atoms with Gasteiger partial charge >= 0.3 is 12.2 Å². The molecular formula is C70H84BrCl4F8N9O7. The molecule has 16 nitrogen and oxygen atoms in total. The van der Waals surface area contributed by atoms with Crippen LogP contribution in [0, 0.1) is 64.3 Å². The Morgan fingerprint density at radius 1 is 0.525 bits per heavy atom. The van der Waals surface area contributed by atoms with Crippen LogP contribution in [-0.2, 0) is 54.0 Å². The molecule has 0 unspecified atom stereocenters. The summed E-state index contributed by atoms with van der Waals surface area (Å²) in [4.78, 5) is 63.2. The maximum atomic E-state index is 13.4. The first kappa shape index (κ1) is 82.9. The van der Waals surface area contributed by atoms with E-state index >= 15 is 0 Å². The molecule has 2 aromatic heterocycles. The summed E-state index contributed by atoms with van der Waals surface area (Å²) in [7, 11) is 3.10. The molecule has 99 heavy (non-hydrogen) atoms. The normalized spacial score (nSPS) is 15.3. The fraction of sp³-hybridized carbons (Fsp3) is 0.471. The lowest BCUT2D eigenvalue weighted by Gasteiger charge is -2.33. The van der Waals surface area contributed by atoms with Crippen LogP contribution in [-0.4, -0.2) is 116 Å². The molecule has 29 heteroatoms. The Kier molecular flexibility index (Phi) is 32.5. The van der Waals surface area contributed by atoms with Crippen molar-refractivity contribution in [2.45, 2.75) is 130 Å². The third-order valence-corrected chi connectivity index (χ3v) is 18.2. The number of nitrogen functional groups attached to an aromatic ring is 1. The Morgan fingerprint density at radius 2 is 0.869 bits per heavy atom. The maximum Gasteiger partial charge on any atom is 0.410 e. The second-order valence-corrected chi connectivity index (χ2v) is 28.7. The van der Waals surface area contributed by atoms with Crippen LogP contribution in [0.4, 0.5) is 50.5 Å². The quantitative estimate of drug-likeness (QED) is 0.0839. The molecule has 4 aliphatic heterocycles. The number of piperidine rings is 4. The Hall–Kier alpha value is -6.77. The van der Waals surface area contributed by atoms with Crippen molar-refractivity contribution in [2.75, 3.05) is 58.1 Å². The molecule has 0 bridgehead atoms. The molecule has 0 atom stereocenters. The molecule has 10 rings (SSSR count). The van der Waals surface area contributed by atoms with Crippen LogP contribution in [0.2, 0.25) is 20.1 Å². The van der Waals surface area contributed by atoms with Gasteiger partial charge in [-0.25, -0.2) is 54.1 Å². The molecule has 6 aromatic rings. The average molecular weight is 1540 g/mol. The van der Waals surface area contributed by atoms with E-state index in [-0.39, 0.29) is 62.5 Å². The van der Waals surface area contributed by atoms with Gasteiger partial charge in [-0.05, 0) is 236 Å². The highest BCUT2D eigenvalue weighted by Gasteiger charge is 2.29. The minimum absolute atomic E-state index is 0.0366. The molecule has 0 aliphatic carbocycles. The van der Waals surface area contributed by atoms with Crippen molar-refractivity contribution in [1.82, 2.24) is 39.6 Å². The lowest BCUT2D eigenvalue weighted by molar-refractivity contribution is -0.131. The summed E-state index contributed by atoms with van der Waals surface area (Å²) >= 11 is 26.3. The standard InChI is InChI=1S/C19H20ClF2N3O2.C17H22ClF2NO2.C12H14ClF2N.C11H19NO2.C6H2BrClF2.C5H7N3O/c1-24-18(26)3-2-14(23-24)10-19(27)25-6-4-12(5-7-25)8-13-9-16(21)17(22)11-15(13)20;1-17(2,3)23-16(22)21-6-4-11(5-7-21)8-12-9-14(19)15(20)10-13(12)18;13-10-7-12(15)11(14)6-9(10)5-8-1-3-16-4-2-8;1-9-5-7-12(8-6-9)10(13)14-11(2,3)4;7-3-1-5(9)6(10)2-4(3)8;1-8-5(9)3-2-4(6)7-8/h2-3,9,11-12H,4-8,10H2,1H3;9-11H,4-8H2,1-3H3;6-8,16H,1-5H2;1,5-8H2,2-4H3;1-2H;2-3H,1H3,(H2,6,7). The number of hydrogen-bond donors (Lipinski definition) is 2. The van der Waals surface area contributed by atoms with E-state index in [2.05, 4.69) is 38.0 Å². The number of nitrogens with two attached hydrogens (primary N) is 1. The van der Waals surface area contributed by atoms with Gasteiger partial charge < -0.3 is 35.2 Å². The number of halogens is 13. The summed E-state index contributed by atoms with van der Waals surface area (Å²) in [5, 5.41) is 12.0. The zero-order valence-electron chi connectivity index (χ0n) is 56.5. The van der Waals surface area contributed by atoms with Gasteiger partial charge in [-0.3, -0.25) is 14.4 Å². The fourth-order valence-electron chi connectivity index (χ4n) is 10.5. The number of aryl methyl sites for hydroxylation is 2. The fourth-order valence-corrected chi connectivity index (χ4v) is 11.6. The highest BCUT2D eigenvalue weighted by Crippen LogP contribution is 2.31. The average Bonchev–Trinajstić information content (AvgIpc) is 0.876. The van der Waals surface area contributed by atoms with Gasteiger partial charge in [0.2, 0.25) is 5.91 Å². The third-order valence-electron chi connectivity index (χ3n) is 15.9. The van der Waals surface area contributed by atoms with Gasteiger partial charge in [0.1, 0.15) is 17.0 Å². The van der Waals surface area contributed by atoms with E-state index in [1.165, 1.54) is 39.2 Å². The van der Waals surface area contributed by atoms with Gasteiger partial charge in [0, 0.05) is 85.0 Å². The van der Waals surface area contributed by atoms with E-state index in [4.69, 9.17) is 61.6 Å². The SMILES string of the molecule is C=C1CCN(C(=O)OC(C)(C)C)CC1.CC(C)(C)OC(=O)N1CCC(Cc2cc(F)c(F)cc2Cl)CC1.Cn1nc(CC(=O)N2CCC(Cc3cc(F)c(F)cc3Cl)CC2)ccc1=O.Cn1nc(N)ccc1=O.Fc1cc(Cl)c(Br)cc1F.Fc1cc(Cl)c(CC2CCNCC2)cc1F. The Morgan fingerprint density at radius 3 is 1.24 bits per heavy atom. The second-order valence-electron chi connectivity index (χ2n) is 26.2. The van der Waals surface area contributed by atoms with E-state index in [1.807, 2.05) is 41.5 Å². The van der Waals surface area contributed by atoms with E-state index < -0.39 is 57.7 Å². The number of aromatic nitrogens is 4. The van der Waals surface area contributed by atoms with Crippen LogP contribution in [0.25, 0.3) is 0 Å². The van der Waals surface area contributed by atoms with Gasteiger partial charge in [-0.15, -0.1) is 0 Å². The molecule has 542 valence electrons. The highest BCUT2D eigenvalue weighted by molar-refractivity contribution is 9.10. The second kappa shape index (κ2) is 38.9. The molecule has 4 fully saturated rings. The summed E-state index contributed by atoms with van der Waals surface area (Å²) in [6.45, 7) is 20.9. The minimum atomic E-state index is -0.948. The number of rotatable bonds is 8. The number of hydrogen-bond acceptors (Lipinski definition) is 11. The molecule has 0 saturated carbocycles. The van der Waals surface area contributed by atoms with Crippen molar-refractivity contribution in [1.29, 1.82) is 0 Å². The Bertz CT molecular complexity index is 3800. The Labute approximate surface area is 600 Å². The summed E-state index contributed by atoms with van der Waals surface area (Å²) in [6, 6.07) is 14.3. The zero-order chi connectivity index (χ0) is 73.6. The number of anilines is 1. The van der Waals surface area contributed by atoms with Crippen LogP contribution < -0.4 is 22.2 Å². The first-order valence-corrected chi connectivity index (χ1v) is 34.3. The van der Waals surface area contributed by atoms with Crippen LogP contribution >= 0.6 is 62.3 Å². The smallest absolute Gasteiger partial charge is 0.410 e. The first-order chi connectivity index (χ1) is 46.3. The van der Waals surface area contributed by atoms with Crippen molar-refractivity contribution in [2.24, 2.45) is 31.8 Å². The van der Waals surface area contributed by atoms with Crippen molar-refractivity contribution < 1.29 is 59.0 Å². The first-order valence-electron chi connectivity index (χ1n) is 32.0. The van der Waals surface area contributed by atoms with Gasteiger partial charge in [-0.1, -0.05) is 58.6 Å². The summed E-state index contributed by atoms with van der Waals surface area (Å²) in [5.74, 6) is -5.80. The lowest BCUT2D eigenvalue weighted by Crippen LogP contribution is -2.42. The molecule has 4 aliphatic rings. The zero-order valence-corrected chi connectivity index (χ0v) is 61.1. The predicted molar refractivity (Wildman–Crippen MR) is 373 cm³/mol. The monoisotopic (exact) mass is 1530 g/mol. The number of nitrogens with zero attached hydrogens (tertiary/aromatic N) is 7. The highest BCUT2D eigenvalue weighted by atomic mass is 79.9. The molecule has 3 N–H and O–H groups in total. The molecule has 3 amide bonds. The van der Waals surface area contributed by atoms with Crippen LogP contribution in [0.5, 0.6) is 0 Å². The van der Waals surface area contributed by atoms with E-state index in [0.29, 0.717) is 82.6 Å². The number of nitrogens with one attached hydrogen (secondary N) is 1. The minimum Gasteiger partial charge on any atom is -0.444 e. The largest absolute Gasteiger partial charge is 0.444 e. The number of amides is 3. The van der Waals surface area contributed by atoms with Crippen LogP contribution in [0.3, 0.4) is 0 Å². The molecular weight excluding hydrogens is 1450 g/mol. The van der Waals surface area contributed by atoms with Gasteiger partial charge in [0.15, 0.2) is 46.5 Å². The summed E-state index contributed by atoms with van der Waals surface area (Å²) < 4.78 is 117. The van der Waals surface area contributed by atoms with E-state index in [0.717, 1.165) is 126 Å². The third kappa shape index (κ3) is 28.6. The molecule has 4 aromatic carbocycles. The van der Waals surface area contributed by atoms with E-state index in [1.54, 1.807) is 34.9 Å². The van der Waals surface area contributed by atoms with Crippen molar-refractivity contribution in [3.05, 3.63) is 199 Å². The van der Waals surface area contributed by atoms with Crippen molar-refractivity contribution in [3.8, 4) is 0 Å². The van der Waals surface area contributed by atoms with Crippen LogP contribution in [0.1, 0.15) is 115 Å². The van der Waals surface area contributed by atoms with Gasteiger partial charge in [0.05, 0.1) is 17.1 Å². The number of carbonyl (C=O) groups excluding carboxylic acids is 3. The number of benzene rings is 4. The number of ether oxygens (including phenoxy) is 2. The molecule has 0 spiro atoms. The molecule has 0 radical (unpaired) electrons. The van der Waals surface area contributed by atoms with E-state index in [9.17, 15) is 59.1 Å². The lowest BCUT2D eigenvalue weighted by atomic mass is 9.90. The maximum absolute atomic E-state index is 13.4. The van der Waals surface area contributed by atoms with Crippen molar-refractivity contribution >= 4 is 86.2 Å². The van der Waals surface area contributed by atoms with Gasteiger partial charge in [0.25, 0.3) is 11.1 Å². The summed E-state index contributed by atoms with van der Waals surface area (Å²) in [6.07, 6.45) is 8.55. The predicted octanol–water partition coefficient (Wildman–Crippen LogP) is 16.0. The molecule has 6 heterocycles. The number of likely N-dealkylation sites (tertiary alicyclic amines) is 3. The topological polar surface area (TPSA) is 187 Å².